The van der Waals surface area contributed by atoms with Gasteiger partial charge in [-0.2, -0.15) is 0 Å². The second-order valence-electron chi connectivity index (χ2n) is 3.31. The zero-order valence-corrected chi connectivity index (χ0v) is 8.07. The molecule has 0 atom stereocenters. The van der Waals surface area contributed by atoms with Crippen LogP contribution in [0.25, 0.3) is 0 Å². The van der Waals surface area contributed by atoms with E-state index < -0.39 is 0 Å². The summed E-state index contributed by atoms with van der Waals surface area (Å²) in [6.45, 7) is 2.16. The maximum absolute atomic E-state index is 9.57. The van der Waals surface area contributed by atoms with Crippen molar-refractivity contribution >= 4 is 6.29 Å². The van der Waals surface area contributed by atoms with Crippen LogP contribution in [0.3, 0.4) is 0 Å². The Morgan fingerprint density at radius 2 is 1.92 bits per heavy atom. The average Bonchev–Trinajstić information content (AvgIpc) is 3.03. The van der Waals surface area contributed by atoms with Gasteiger partial charge < -0.3 is 4.79 Å². The van der Waals surface area contributed by atoms with E-state index in [1.165, 1.54) is 5.56 Å². The number of hydrogen-bond donors (Lipinski definition) is 0. The molecule has 70 valence electrons. The van der Waals surface area contributed by atoms with Crippen LogP contribution in [0.1, 0.15) is 25.3 Å². The molecule has 1 aliphatic rings. The van der Waals surface area contributed by atoms with Crippen molar-refractivity contribution in [2.24, 2.45) is 5.92 Å². The Kier molecular flexibility index (Phi) is 4.24. The molecular formula is C12H16O. The normalized spacial score (nSPS) is 14.2. The van der Waals surface area contributed by atoms with E-state index in [-0.39, 0.29) is 0 Å². The quantitative estimate of drug-likeness (QED) is 0.633. The predicted octanol–water partition coefficient (Wildman–Crippen LogP) is 2.84. The van der Waals surface area contributed by atoms with E-state index >= 15 is 0 Å². The molecule has 1 fully saturated rings. The Hall–Kier alpha value is -1.11. The summed E-state index contributed by atoms with van der Waals surface area (Å²) in [5, 5.41) is 0. The molecule has 0 heterocycles. The van der Waals surface area contributed by atoms with Crippen LogP contribution in [0, 0.1) is 5.92 Å². The van der Waals surface area contributed by atoms with Crippen LogP contribution in [0.15, 0.2) is 30.3 Å². The second kappa shape index (κ2) is 5.52. The van der Waals surface area contributed by atoms with E-state index in [1.54, 1.807) is 0 Å². The lowest BCUT2D eigenvalue weighted by Crippen LogP contribution is -1.73. The topological polar surface area (TPSA) is 17.1 Å². The Morgan fingerprint density at radius 1 is 1.31 bits per heavy atom. The lowest BCUT2D eigenvalue weighted by atomic mass is 10.2. The van der Waals surface area contributed by atoms with Crippen molar-refractivity contribution in [1.29, 1.82) is 0 Å². The van der Waals surface area contributed by atoms with E-state index in [9.17, 15) is 4.79 Å². The molecule has 0 bridgehead atoms. The third-order valence-corrected chi connectivity index (χ3v) is 2.07. The minimum absolute atomic E-state index is 0.454. The molecule has 0 aromatic heterocycles. The van der Waals surface area contributed by atoms with Gasteiger partial charge in [0, 0.05) is 5.92 Å². The monoisotopic (exact) mass is 176 g/mol. The lowest BCUT2D eigenvalue weighted by Gasteiger charge is -1.89. The van der Waals surface area contributed by atoms with Gasteiger partial charge in [-0.3, -0.25) is 0 Å². The fraction of sp³-hybridized carbons (Fsp3) is 0.417. The number of carbonyl (C=O) groups excluding carboxylic acids is 1. The second-order valence-corrected chi connectivity index (χ2v) is 3.31. The molecule has 2 rings (SSSR count). The average molecular weight is 176 g/mol. The number of carbonyl (C=O) groups is 1. The smallest absolute Gasteiger partial charge is 0.123 e. The van der Waals surface area contributed by atoms with Crippen molar-refractivity contribution in [3.05, 3.63) is 35.9 Å². The summed E-state index contributed by atoms with van der Waals surface area (Å²) in [6, 6.07) is 10.5. The van der Waals surface area contributed by atoms with Gasteiger partial charge in [0.25, 0.3) is 0 Å². The van der Waals surface area contributed by atoms with E-state index in [0.29, 0.717) is 5.92 Å². The van der Waals surface area contributed by atoms with Crippen LogP contribution in [0.2, 0.25) is 0 Å². The Balaban J connectivity index is 0.000000145. The third kappa shape index (κ3) is 4.46. The highest BCUT2D eigenvalue weighted by Crippen LogP contribution is 2.25. The fourth-order valence-electron chi connectivity index (χ4n) is 0.946. The zero-order valence-electron chi connectivity index (χ0n) is 8.07. The van der Waals surface area contributed by atoms with E-state index in [2.05, 4.69) is 31.2 Å². The summed E-state index contributed by atoms with van der Waals surface area (Å²) in [5.41, 5.74) is 1.41. The maximum atomic E-state index is 9.57. The van der Waals surface area contributed by atoms with Crippen molar-refractivity contribution in [3.63, 3.8) is 0 Å². The molecule has 0 amide bonds. The molecule has 1 nitrogen and oxygen atoms in total. The predicted molar refractivity (Wildman–Crippen MR) is 54.6 cm³/mol. The largest absolute Gasteiger partial charge is 0.303 e. The van der Waals surface area contributed by atoms with Crippen LogP contribution in [0.4, 0.5) is 0 Å². The van der Waals surface area contributed by atoms with Crippen molar-refractivity contribution < 1.29 is 4.79 Å². The number of rotatable bonds is 2. The van der Waals surface area contributed by atoms with E-state index in [4.69, 9.17) is 0 Å². The van der Waals surface area contributed by atoms with Crippen molar-refractivity contribution in [3.8, 4) is 0 Å². The molecule has 1 heteroatoms. The first-order valence-electron chi connectivity index (χ1n) is 4.86. The van der Waals surface area contributed by atoms with Gasteiger partial charge in [-0.05, 0) is 24.8 Å². The van der Waals surface area contributed by atoms with Crippen LogP contribution >= 0.6 is 0 Å². The lowest BCUT2D eigenvalue weighted by molar-refractivity contribution is -0.108. The van der Waals surface area contributed by atoms with Crippen molar-refractivity contribution in [2.45, 2.75) is 26.2 Å². The Morgan fingerprint density at radius 3 is 2.15 bits per heavy atom. The van der Waals surface area contributed by atoms with Gasteiger partial charge in [0.1, 0.15) is 6.29 Å². The molecule has 0 aliphatic heterocycles. The SMILES string of the molecule is CCc1ccccc1.O=CC1CC1. The molecule has 1 aromatic carbocycles. The highest BCUT2D eigenvalue weighted by Gasteiger charge is 2.18. The number of aryl methyl sites for hydroxylation is 1. The standard InChI is InChI=1S/C8H10.C4H6O/c1-2-8-6-4-3-5-7-8;5-3-4-1-2-4/h3-7H,2H2,1H3;3-4H,1-2H2. The molecule has 0 unspecified atom stereocenters. The first-order valence-corrected chi connectivity index (χ1v) is 4.86. The van der Waals surface area contributed by atoms with Crippen LogP contribution in [-0.2, 0) is 11.2 Å². The molecule has 0 spiro atoms. The van der Waals surface area contributed by atoms with E-state index in [1.807, 2.05) is 6.07 Å². The highest BCUT2D eigenvalue weighted by atomic mass is 16.1. The van der Waals surface area contributed by atoms with Crippen molar-refractivity contribution in [1.82, 2.24) is 0 Å². The summed E-state index contributed by atoms with van der Waals surface area (Å²) >= 11 is 0. The third-order valence-electron chi connectivity index (χ3n) is 2.07. The minimum Gasteiger partial charge on any atom is -0.303 e. The number of aldehydes is 1. The first-order chi connectivity index (χ1) is 6.36. The summed E-state index contributed by atoms with van der Waals surface area (Å²) in [5.74, 6) is 0.454. The molecule has 13 heavy (non-hydrogen) atoms. The number of hydrogen-bond acceptors (Lipinski definition) is 1. The molecular weight excluding hydrogens is 160 g/mol. The Bertz CT molecular complexity index is 237. The fourth-order valence-corrected chi connectivity index (χ4v) is 0.946. The summed E-state index contributed by atoms with van der Waals surface area (Å²) in [4.78, 5) is 9.57. The van der Waals surface area contributed by atoms with Gasteiger partial charge >= 0.3 is 0 Å². The molecule has 0 saturated heterocycles. The maximum Gasteiger partial charge on any atom is 0.123 e. The highest BCUT2D eigenvalue weighted by molar-refractivity contribution is 5.56. The van der Waals surface area contributed by atoms with Gasteiger partial charge in [-0.1, -0.05) is 37.3 Å². The van der Waals surface area contributed by atoms with Gasteiger partial charge in [-0.15, -0.1) is 0 Å². The number of benzene rings is 1. The van der Waals surface area contributed by atoms with Gasteiger partial charge in [0.15, 0.2) is 0 Å². The first kappa shape index (κ1) is 9.97. The summed E-state index contributed by atoms with van der Waals surface area (Å²) < 4.78 is 0. The minimum atomic E-state index is 0.454. The van der Waals surface area contributed by atoms with E-state index in [0.717, 1.165) is 25.5 Å². The van der Waals surface area contributed by atoms with Gasteiger partial charge in [0.05, 0.1) is 0 Å². The van der Waals surface area contributed by atoms with Crippen LogP contribution in [-0.4, -0.2) is 6.29 Å². The zero-order chi connectivity index (χ0) is 9.52. The Labute approximate surface area is 79.8 Å². The molecule has 1 aromatic rings. The molecule has 0 N–H and O–H groups in total. The molecule has 1 saturated carbocycles. The summed E-state index contributed by atoms with van der Waals surface area (Å²) in [7, 11) is 0. The van der Waals surface area contributed by atoms with Crippen LogP contribution in [0.5, 0.6) is 0 Å². The van der Waals surface area contributed by atoms with Gasteiger partial charge in [0.2, 0.25) is 0 Å². The van der Waals surface area contributed by atoms with Gasteiger partial charge in [-0.25, -0.2) is 0 Å². The van der Waals surface area contributed by atoms with Crippen molar-refractivity contribution in [2.75, 3.05) is 0 Å². The molecule has 1 aliphatic carbocycles. The molecule has 0 radical (unpaired) electrons. The summed E-state index contributed by atoms with van der Waals surface area (Å²) in [6.07, 6.45) is 4.45. The van der Waals surface area contributed by atoms with Crippen LogP contribution < -0.4 is 0 Å².